The fourth-order valence-electron chi connectivity index (χ4n) is 2.04. The molecule has 1 saturated heterocycles. The molecule has 0 aromatic carbocycles. The standard InChI is InChI=1S/C13H15F4N3O2.2ClH/c14-9-4-10(19-6-9)11(21)20-5-8-2-1-3-18-12(8)22-7-13(15,16)17;;/h1-3,9-10,19H,4-7H2,(H,20,21);2*1H/t9-,10+;;/m0../s1. The van der Waals surface area contributed by atoms with E-state index in [1.54, 1.807) is 0 Å². The average molecular weight is 394 g/mol. The summed E-state index contributed by atoms with van der Waals surface area (Å²) in [5.41, 5.74) is 0.315. The van der Waals surface area contributed by atoms with Crippen LogP contribution in [0.3, 0.4) is 0 Å². The first-order valence-corrected chi connectivity index (χ1v) is 6.64. The van der Waals surface area contributed by atoms with Crippen molar-refractivity contribution < 1.29 is 27.1 Å². The van der Waals surface area contributed by atoms with Gasteiger partial charge in [-0.05, 0) is 6.07 Å². The van der Waals surface area contributed by atoms with Crippen molar-refractivity contribution in [1.29, 1.82) is 0 Å². The average Bonchev–Trinajstić information content (AvgIpc) is 2.89. The van der Waals surface area contributed by atoms with Crippen LogP contribution in [-0.4, -0.2) is 42.4 Å². The van der Waals surface area contributed by atoms with Gasteiger partial charge in [-0.1, -0.05) is 6.07 Å². The zero-order valence-corrected chi connectivity index (χ0v) is 13.9. The Labute approximate surface area is 148 Å². The molecule has 0 saturated carbocycles. The first-order valence-electron chi connectivity index (χ1n) is 6.64. The highest BCUT2D eigenvalue weighted by Gasteiger charge is 2.30. The second-order valence-electron chi connectivity index (χ2n) is 4.88. The number of nitrogens with zero attached hydrogens (tertiary/aromatic N) is 1. The molecule has 0 aliphatic carbocycles. The van der Waals surface area contributed by atoms with Crippen LogP contribution in [0, 0.1) is 0 Å². The van der Waals surface area contributed by atoms with Gasteiger partial charge in [0.15, 0.2) is 6.61 Å². The fourth-order valence-corrected chi connectivity index (χ4v) is 2.04. The first-order chi connectivity index (χ1) is 10.3. The van der Waals surface area contributed by atoms with Crippen LogP contribution in [0.25, 0.3) is 0 Å². The summed E-state index contributed by atoms with van der Waals surface area (Å²) >= 11 is 0. The Hall–Kier alpha value is -1.32. The van der Waals surface area contributed by atoms with Crippen LogP contribution in [0.5, 0.6) is 5.88 Å². The predicted molar refractivity (Wildman–Crippen MR) is 83.4 cm³/mol. The molecule has 1 aromatic rings. The molecule has 2 heterocycles. The molecule has 2 N–H and O–H groups in total. The maximum absolute atomic E-state index is 13.0. The molecule has 1 aliphatic rings. The Balaban J connectivity index is 0.00000264. The zero-order chi connectivity index (χ0) is 16.2. The summed E-state index contributed by atoms with van der Waals surface area (Å²) in [6.07, 6.45) is -4.17. The van der Waals surface area contributed by atoms with Crippen molar-refractivity contribution >= 4 is 30.7 Å². The van der Waals surface area contributed by atoms with E-state index in [1.165, 1.54) is 18.3 Å². The Morgan fingerprint density at radius 3 is 2.71 bits per heavy atom. The minimum Gasteiger partial charge on any atom is -0.468 e. The number of hydrogen-bond acceptors (Lipinski definition) is 4. The first kappa shape index (κ1) is 22.7. The lowest BCUT2D eigenvalue weighted by Crippen LogP contribution is -2.40. The second kappa shape index (κ2) is 9.85. The molecule has 1 fully saturated rings. The molecule has 2 atom stereocenters. The van der Waals surface area contributed by atoms with E-state index >= 15 is 0 Å². The Morgan fingerprint density at radius 2 is 2.12 bits per heavy atom. The molecular weight excluding hydrogens is 377 g/mol. The highest BCUT2D eigenvalue weighted by atomic mass is 35.5. The highest BCUT2D eigenvalue weighted by Crippen LogP contribution is 2.20. The third-order valence-electron chi connectivity index (χ3n) is 3.07. The maximum Gasteiger partial charge on any atom is 0.422 e. The Bertz CT molecular complexity index is 534. The largest absolute Gasteiger partial charge is 0.468 e. The van der Waals surface area contributed by atoms with Crippen molar-refractivity contribution in [2.24, 2.45) is 0 Å². The van der Waals surface area contributed by atoms with Gasteiger partial charge < -0.3 is 15.4 Å². The van der Waals surface area contributed by atoms with Crippen LogP contribution >= 0.6 is 24.8 Å². The normalized spacial score (nSPS) is 19.8. The molecule has 1 amide bonds. The van der Waals surface area contributed by atoms with Gasteiger partial charge in [0.1, 0.15) is 6.17 Å². The predicted octanol–water partition coefficient (Wildman–Crippen LogP) is 2.18. The Kier molecular flexibility index (Phi) is 9.31. The van der Waals surface area contributed by atoms with E-state index in [-0.39, 0.29) is 50.2 Å². The molecule has 0 bridgehead atoms. The van der Waals surface area contributed by atoms with Crippen LogP contribution in [-0.2, 0) is 11.3 Å². The van der Waals surface area contributed by atoms with Crippen molar-refractivity contribution in [3.63, 3.8) is 0 Å². The number of ether oxygens (including phenoxy) is 1. The molecule has 5 nitrogen and oxygen atoms in total. The van der Waals surface area contributed by atoms with Crippen molar-refractivity contribution in [2.75, 3.05) is 13.2 Å². The van der Waals surface area contributed by atoms with E-state index in [1.807, 2.05) is 0 Å². The summed E-state index contributed by atoms with van der Waals surface area (Å²) in [5, 5.41) is 5.25. The summed E-state index contributed by atoms with van der Waals surface area (Å²) in [5.74, 6) is -0.603. The molecular formula is C13H17Cl2F4N3O2. The minimum atomic E-state index is -4.47. The van der Waals surface area contributed by atoms with Crippen molar-refractivity contribution in [1.82, 2.24) is 15.6 Å². The third kappa shape index (κ3) is 7.06. The second-order valence-corrected chi connectivity index (χ2v) is 4.88. The Morgan fingerprint density at radius 1 is 1.42 bits per heavy atom. The third-order valence-corrected chi connectivity index (χ3v) is 3.07. The lowest BCUT2D eigenvalue weighted by molar-refractivity contribution is -0.154. The van der Waals surface area contributed by atoms with E-state index in [0.717, 1.165) is 0 Å². The van der Waals surface area contributed by atoms with E-state index in [4.69, 9.17) is 0 Å². The molecule has 2 rings (SSSR count). The fraction of sp³-hybridized carbons (Fsp3) is 0.538. The lowest BCUT2D eigenvalue weighted by Gasteiger charge is -2.14. The van der Waals surface area contributed by atoms with Crippen LogP contribution in [0.4, 0.5) is 17.6 Å². The van der Waals surface area contributed by atoms with Gasteiger partial charge in [-0.3, -0.25) is 4.79 Å². The van der Waals surface area contributed by atoms with E-state index in [0.29, 0.717) is 5.56 Å². The quantitative estimate of drug-likeness (QED) is 0.752. The number of halogens is 6. The smallest absolute Gasteiger partial charge is 0.422 e. The number of carbonyl (C=O) groups is 1. The van der Waals surface area contributed by atoms with Gasteiger partial charge in [-0.15, -0.1) is 24.8 Å². The maximum atomic E-state index is 13.0. The lowest BCUT2D eigenvalue weighted by atomic mass is 10.2. The molecule has 138 valence electrons. The van der Waals surface area contributed by atoms with E-state index in [9.17, 15) is 22.4 Å². The van der Waals surface area contributed by atoms with Gasteiger partial charge in [0, 0.05) is 31.3 Å². The van der Waals surface area contributed by atoms with Gasteiger partial charge in [0.2, 0.25) is 11.8 Å². The van der Waals surface area contributed by atoms with Crippen molar-refractivity contribution in [3.8, 4) is 5.88 Å². The number of alkyl halides is 4. The monoisotopic (exact) mass is 393 g/mol. The van der Waals surface area contributed by atoms with Gasteiger partial charge >= 0.3 is 6.18 Å². The van der Waals surface area contributed by atoms with Crippen LogP contribution in [0.1, 0.15) is 12.0 Å². The van der Waals surface area contributed by atoms with E-state index in [2.05, 4.69) is 20.4 Å². The van der Waals surface area contributed by atoms with E-state index < -0.39 is 30.9 Å². The molecule has 1 aliphatic heterocycles. The number of aromatic nitrogens is 1. The molecule has 1 aromatic heterocycles. The molecule has 11 heteroatoms. The summed E-state index contributed by atoms with van der Waals surface area (Å²) in [6.45, 7) is -1.39. The van der Waals surface area contributed by atoms with Gasteiger partial charge in [0.05, 0.1) is 6.04 Å². The number of carbonyl (C=O) groups excluding carboxylic acids is 1. The summed E-state index contributed by atoms with van der Waals surface area (Å²) in [6, 6.07) is 2.39. The number of rotatable bonds is 5. The zero-order valence-electron chi connectivity index (χ0n) is 12.3. The van der Waals surface area contributed by atoms with Crippen molar-refractivity contribution in [2.45, 2.75) is 31.4 Å². The summed E-state index contributed by atoms with van der Waals surface area (Å²) in [7, 11) is 0. The minimum absolute atomic E-state index is 0. The summed E-state index contributed by atoms with van der Waals surface area (Å²) < 4.78 is 54.1. The summed E-state index contributed by atoms with van der Waals surface area (Å²) in [4.78, 5) is 15.5. The van der Waals surface area contributed by atoms with Crippen LogP contribution in [0.15, 0.2) is 18.3 Å². The van der Waals surface area contributed by atoms with Gasteiger partial charge in [0.25, 0.3) is 0 Å². The van der Waals surface area contributed by atoms with Crippen molar-refractivity contribution in [3.05, 3.63) is 23.9 Å². The topological polar surface area (TPSA) is 63.2 Å². The number of amides is 1. The number of hydrogen-bond donors (Lipinski definition) is 2. The molecule has 0 radical (unpaired) electrons. The van der Waals surface area contributed by atoms with Gasteiger partial charge in [-0.25, -0.2) is 9.37 Å². The molecule has 0 spiro atoms. The SMILES string of the molecule is Cl.Cl.O=C(NCc1cccnc1OCC(F)(F)F)[C@H]1C[C@H](F)CN1. The number of pyridine rings is 1. The van der Waals surface area contributed by atoms with Crippen LogP contribution in [0.2, 0.25) is 0 Å². The van der Waals surface area contributed by atoms with Crippen LogP contribution < -0.4 is 15.4 Å². The molecule has 24 heavy (non-hydrogen) atoms. The van der Waals surface area contributed by atoms with Gasteiger partial charge in [-0.2, -0.15) is 13.2 Å². The highest BCUT2D eigenvalue weighted by molar-refractivity contribution is 5.85. The molecule has 0 unspecified atom stereocenters. The number of nitrogens with one attached hydrogen (secondary N) is 2.